The molecule has 0 saturated heterocycles. The average Bonchev–Trinajstić information content (AvgIpc) is 1.78. The van der Waals surface area contributed by atoms with Gasteiger partial charge in [0.05, 0.1) is 6.61 Å². The summed E-state index contributed by atoms with van der Waals surface area (Å²) in [4.78, 5) is 0. The number of hydrogen-bond donors (Lipinski definition) is 1. The van der Waals surface area contributed by atoms with E-state index in [-0.39, 0.29) is 13.2 Å². The number of ether oxygens (including phenoxy) is 1. The Hall–Kier alpha value is -0.330. The van der Waals surface area contributed by atoms with Gasteiger partial charge in [-0.3, -0.25) is 15.2 Å². The molecule has 0 spiro atoms. The third-order valence-corrected chi connectivity index (χ3v) is 0.796. The normalized spacial score (nSPS) is 12.5. The lowest BCUT2D eigenvalue weighted by molar-refractivity contribution is -0.324. The Morgan fingerprint density at radius 3 is 2.27 bits per heavy atom. The molecule has 0 rings (SSSR count). The lowest BCUT2D eigenvalue weighted by Gasteiger charge is -2.12. The van der Waals surface area contributed by atoms with E-state index in [0.29, 0.717) is 0 Å². The number of nitrogens with zero attached hydrogens (tertiary/aromatic N) is 1. The van der Waals surface area contributed by atoms with Crippen molar-refractivity contribution in [3.05, 3.63) is 0 Å². The van der Waals surface area contributed by atoms with Crippen molar-refractivity contribution >= 4 is 0 Å². The number of hydrazine groups is 1. The minimum atomic E-state index is -4.52. The molecule has 68 valence electrons. The van der Waals surface area contributed by atoms with Gasteiger partial charge in [0.25, 0.3) is 0 Å². The van der Waals surface area contributed by atoms with Crippen LogP contribution in [-0.4, -0.2) is 38.6 Å². The Morgan fingerprint density at radius 2 is 1.91 bits per heavy atom. The topological polar surface area (TPSA) is 24.5 Å². The van der Waals surface area contributed by atoms with E-state index in [1.165, 1.54) is 0 Å². The summed E-state index contributed by atoms with van der Waals surface area (Å²) >= 11 is 0. The molecule has 0 aliphatic heterocycles. The van der Waals surface area contributed by atoms with Crippen molar-refractivity contribution in [2.24, 2.45) is 0 Å². The Balaban J connectivity index is 3.15. The van der Waals surface area contributed by atoms with Gasteiger partial charge >= 0.3 is 6.36 Å². The second-order valence-electron chi connectivity index (χ2n) is 2.10. The van der Waals surface area contributed by atoms with Gasteiger partial charge in [-0.05, 0) is 0 Å². The van der Waals surface area contributed by atoms with Crippen LogP contribution in [0.2, 0.25) is 0 Å². The smallest absolute Gasteiger partial charge is 0.291 e. The molecule has 0 atom stereocenters. The van der Waals surface area contributed by atoms with E-state index < -0.39 is 6.36 Å². The van der Waals surface area contributed by atoms with Gasteiger partial charge in [0.2, 0.25) is 0 Å². The van der Waals surface area contributed by atoms with Crippen LogP contribution in [-0.2, 0) is 4.74 Å². The van der Waals surface area contributed by atoms with Crippen molar-refractivity contribution in [1.82, 2.24) is 10.4 Å². The molecule has 0 aliphatic rings. The lowest BCUT2D eigenvalue weighted by Crippen LogP contribution is -2.34. The molecule has 11 heavy (non-hydrogen) atoms. The van der Waals surface area contributed by atoms with Gasteiger partial charge in [0, 0.05) is 20.6 Å². The largest absolute Gasteiger partial charge is 0.522 e. The first kappa shape index (κ1) is 10.7. The minimum absolute atomic E-state index is 0.145. The standard InChI is InChI=1S/C5H11F3N2O/c1-10(2)9-3-4-11-5(6,7)8/h9H,3-4H2,1-2H3. The summed E-state index contributed by atoms with van der Waals surface area (Å²) in [6, 6.07) is 0. The molecule has 0 bridgehead atoms. The van der Waals surface area contributed by atoms with Gasteiger partial charge in [-0.15, -0.1) is 13.2 Å². The number of nitrogens with one attached hydrogen (secondary N) is 1. The molecule has 0 heterocycles. The third-order valence-electron chi connectivity index (χ3n) is 0.796. The van der Waals surface area contributed by atoms with Crippen LogP contribution < -0.4 is 5.43 Å². The quantitative estimate of drug-likeness (QED) is 0.496. The van der Waals surface area contributed by atoms with Gasteiger partial charge in [-0.2, -0.15) is 0 Å². The molecule has 3 nitrogen and oxygen atoms in total. The highest BCUT2D eigenvalue weighted by molar-refractivity contribution is 4.38. The zero-order valence-electron chi connectivity index (χ0n) is 6.40. The molecule has 0 unspecified atom stereocenters. The van der Waals surface area contributed by atoms with E-state index in [1.807, 2.05) is 0 Å². The van der Waals surface area contributed by atoms with Crippen LogP contribution in [0.15, 0.2) is 0 Å². The Morgan fingerprint density at radius 1 is 1.36 bits per heavy atom. The van der Waals surface area contributed by atoms with Crippen LogP contribution in [0.4, 0.5) is 13.2 Å². The van der Waals surface area contributed by atoms with Crippen LogP contribution in [0.5, 0.6) is 0 Å². The molecule has 0 fully saturated rings. The maximum Gasteiger partial charge on any atom is 0.522 e. The fourth-order valence-corrected chi connectivity index (χ4v) is 0.436. The summed E-state index contributed by atoms with van der Waals surface area (Å²) in [7, 11) is 3.38. The average molecular weight is 172 g/mol. The lowest BCUT2D eigenvalue weighted by atomic mass is 10.7. The van der Waals surface area contributed by atoms with Crippen LogP contribution in [0.1, 0.15) is 0 Å². The highest BCUT2D eigenvalue weighted by Gasteiger charge is 2.28. The van der Waals surface area contributed by atoms with Crippen LogP contribution in [0.25, 0.3) is 0 Å². The third kappa shape index (κ3) is 9.67. The Bertz CT molecular complexity index is 104. The highest BCUT2D eigenvalue weighted by atomic mass is 19.4. The zero-order chi connectivity index (χ0) is 8.91. The second kappa shape index (κ2) is 4.53. The molecular formula is C5H11F3N2O. The predicted octanol–water partition coefficient (Wildman–Crippen LogP) is 0.589. The monoisotopic (exact) mass is 172 g/mol. The van der Waals surface area contributed by atoms with E-state index in [2.05, 4.69) is 10.2 Å². The molecule has 0 aliphatic carbocycles. The van der Waals surface area contributed by atoms with Crippen molar-refractivity contribution in [3.8, 4) is 0 Å². The minimum Gasteiger partial charge on any atom is -0.291 e. The number of hydrogen-bond acceptors (Lipinski definition) is 3. The van der Waals surface area contributed by atoms with Crippen LogP contribution in [0, 0.1) is 0 Å². The summed E-state index contributed by atoms with van der Waals surface area (Å²) < 4.78 is 37.4. The fourth-order valence-electron chi connectivity index (χ4n) is 0.436. The Kier molecular flexibility index (Phi) is 4.39. The second-order valence-corrected chi connectivity index (χ2v) is 2.10. The molecule has 1 N–H and O–H groups in total. The van der Waals surface area contributed by atoms with Crippen molar-refractivity contribution in [3.63, 3.8) is 0 Å². The molecule has 0 saturated carbocycles. The number of alkyl halides is 3. The summed E-state index contributed by atoms with van der Waals surface area (Å²) in [6.45, 7) is -0.228. The molecule has 0 aromatic carbocycles. The molecule has 0 amide bonds. The van der Waals surface area contributed by atoms with Gasteiger partial charge in [-0.1, -0.05) is 0 Å². The number of halogens is 3. The number of rotatable bonds is 4. The van der Waals surface area contributed by atoms with Gasteiger partial charge in [-0.25, -0.2) is 0 Å². The first-order valence-corrected chi connectivity index (χ1v) is 3.03. The predicted molar refractivity (Wildman–Crippen MR) is 33.7 cm³/mol. The zero-order valence-corrected chi connectivity index (χ0v) is 6.40. The molecule has 0 aromatic rings. The molecular weight excluding hydrogens is 161 g/mol. The van der Waals surface area contributed by atoms with Gasteiger partial charge in [0.15, 0.2) is 0 Å². The van der Waals surface area contributed by atoms with Crippen LogP contribution in [0.3, 0.4) is 0 Å². The summed E-state index contributed by atoms with van der Waals surface area (Å²) in [5.41, 5.74) is 2.63. The van der Waals surface area contributed by atoms with Crippen LogP contribution >= 0.6 is 0 Å². The van der Waals surface area contributed by atoms with E-state index in [0.717, 1.165) is 0 Å². The van der Waals surface area contributed by atoms with E-state index >= 15 is 0 Å². The first-order chi connectivity index (χ1) is 4.92. The summed E-state index contributed by atoms with van der Waals surface area (Å²) in [6.07, 6.45) is -4.52. The van der Waals surface area contributed by atoms with Gasteiger partial charge < -0.3 is 0 Å². The summed E-state index contributed by atoms with van der Waals surface area (Å²) in [5, 5.41) is 1.56. The molecule has 6 heteroatoms. The Labute approximate surface area is 63.1 Å². The maximum absolute atomic E-state index is 11.3. The van der Waals surface area contributed by atoms with Crippen molar-refractivity contribution in [1.29, 1.82) is 0 Å². The van der Waals surface area contributed by atoms with Crippen molar-refractivity contribution in [2.45, 2.75) is 6.36 Å². The highest BCUT2D eigenvalue weighted by Crippen LogP contribution is 2.14. The first-order valence-electron chi connectivity index (χ1n) is 3.03. The fraction of sp³-hybridized carbons (Fsp3) is 1.00. The molecule has 0 aromatic heterocycles. The van der Waals surface area contributed by atoms with E-state index in [9.17, 15) is 13.2 Å². The summed E-state index contributed by atoms with van der Waals surface area (Å²) in [5.74, 6) is 0. The molecule has 0 radical (unpaired) electrons. The van der Waals surface area contributed by atoms with Gasteiger partial charge in [0.1, 0.15) is 0 Å². The SMILES string of the molecule is CN(C)NCCOC(F)(F)F. The maximum atomic E-state index is 11.3. The van der Waals surface area contributed by atoms with E-state index in [4.69, 9.17) is 0 Å². The van der Waals surface area contributed by atoms with Crippen molar-refractivity contribution in [2.75, 3.05) is 27.2 Å². The van der Waals surface area contributed by atoms with E-state index in [1.54, 1.807) is 19.1 Å². The van der Waals surface area contributed by atoms with Crippen molar-refractivity contribution < 1.29 is 17.9 Å².